The Hall–Kier alpha value is -0.0800. The van der Waals surface area contributed by atoms with Crippen molar-refractivity contribution in [2.45, 2.75) is 297 Å². The summed E-state index contributed by atoms with van der Waals surface area (Å²) < 4.78 is 0. The molecule has 0 radical (unpaired) electrons. The predicted molar refractivity (Wildman–Crippen MR) is 233 cm³/mol. The van der Waals surface area contributed by atoms with Crippen LogP contribution in [0, 0.1) is 0 Å². The highest BCUT2D eigenvalue weighted by Gasteiger charge is 2.11. The molecule has 2 nitrogen and oxygen atoms in total. The van der Waals surface area contributed by atoms with Gasteiger partial charge in [-0.05, 0) is 32.4 Å². The van der Waals surface area contributed by atoms with Gasteiger partial charge in [0.05, 0.1) is 6.10 Å². The first-order valence-electron chi connectivity index (χ1n) is 24.6. The highest BCUT2D eigenvalue weighted by molar-refractivity contribution is 4.66. The fourth-order valence-electron chi connectivity index (χ4n) is 8.23. The lowest BCUT2D eigenvalue weighted by molar-refractivity contribution is 0.101. The first kappa shape index (κ1) is 50.9. The van der Waals surface area contributed by atoms with Gasteiger partial charge in [-0.1, -0.05) is 271 Å². The van der Waals surface area contributed by atoms with Gasteiger partial charge in [-0.3, -0.25) is 0 Å². The average Bonchev–Trinajstić information content (AvgIpc) is 3.13. The summed E-state index contributed by atoms with van der Waals surface area (Å²) in [5.41, 5.74) is 0. The Bertz CT molecular complexity index is 593. The molecule has 0 aromatic heterocycles. The minimum Gasteiger partial charge on any atom is -0.392 e. The van der Waals surface area contributed by atoms with E-state index < -0.39 is 0 Å². The molecule has 1 N–H and O–H groups in total. The molecular weight excluding hydrogens is 619 g/mol. The molecule has 2 heteroatoms. The van der Waals surface area contributed by atoms with E-state index in [0.29, 0.717) is 0 Å². The third-order valence-electron chi connectivity index (χ3n) is 11.7. The van der Waals surface area contributed by atoms with E-state index in [1.54, 1.807) is 0 Å². The number of hydrogen-bond acceptors (Lipinski definition) is 2. The Balaban J connectivity index is 3.42. The van der Waals surface area contributed by atoms with Gasteiger partial charge in [0.25, 0.3) is 0 Å². The molecule has 0 fully saturated rings. The zero-order valence-electron chi connectivity index (χ0n) is 36.3. The second-order valence-electron chi connectivity index (χ2n) is 17.2. The van der Waals surface area contributed by atoms with Crippen LogP contribution in [0.15, 0.2) is 0 Å². The van der Waals surface area contributed by atoms with Gasteiger partial charge in [0.2, 0.25) is 0 Å². The molecule has 0 saturated carbocycles. The molecule has 0 aliphatic carbocycles. The summed E-state index contributed by atoms with van der Waals surface area (Å²) in [6.07, 6.45) is 59.4. The van der Waals surface area contributed by atoms with E-state index in [1.165, 1.54) is 270 Å². The van der Waals surface area contributed by atoms with Crippen LogP contribution < -0.4 is 0 Å². The van der Waals surface area contributed by atoms with Crippen LogP contribution in [0.5, 0.6) is 0 Å². The molecule has 308 valence electrons. The van der Waals surface area contributed by atoms with Crippen molar-refractivity contribution in [3.05, 3.63) is 0 Å². The molecular formula is C49H101NO. The Labute approximate surface area is 325 Å². The summed E-state index contributed by atoms with van der Waals surface area (Å²) in [7, 11) is 0. The smallest absolute Gasteiger partial charge is 0.0667 e. The van der Waals surface area contributed by atoms with Crippen LogP contribution in [-0.4, -0.2) is 35.7 Å². The molecule has 51 heavy (non-hydrogen) atoms. The molecule has 0 aromatic rings. The number of rotatable bonds is 46. The normalized spacial score (nSPS) is 12.4. The van der Waals surface area contributed by atoms with Crippen molar-refractivity contribution in [1.29, 1.82) is 0 Å². The molecule has 0 aromatic carbocycles. The van der Waals surface area contributed by atoms with E-state index in [-0.39, 0.29) is 6.10 Å². The first-order valence-corrected chi connectivity index (χ1v) is 24.6. The summed E-state index contributed by atoms with van der Waals surface area (Å²) >= 11 is 0. The maximum Gasteiger partial charge on any atom is 0.0667 e. The maximum atomic E-state index is 10.7. The van der Waals surface area contributed by atoms with Gasteiger partial charge in [-0.25, -0.2) is 0 Å². The number of unbranched alkanes of at least 4 members (excludes halogenated alkanes) is 38. The zero-order valence-corrected chi connectivity index (χ0v) is 36.3. The number of aliphatic hydroxyl groups is 1. The summed E-state index contributed by atoms with van der Waals surface area (Å²) in [6.45, 7) is 10.1. The predicted octanol–water partition coefficient (Wildman–Crippen LogP) is 17.1. The fourth-order valence-corrected chi connectivity index (χ4v) is 8.23. The number of aliphatic hydroxyl groups excluding tert-OH is 1. The fraction of sp³-hybridized carbons (Fsp3) is 1.00. The van der Waals surface area contributed by atoms with Crippen molar-refractivity contribution in [2.24, 2.45) is 0 Å². The van der Waals surface area contributed by atoms with Crippen LogP contribution in [0.3, 0.4) is 0 Å². The van der Waals surface area contributed by atoms with Crippen LogP contribution in [0.25, 0.3) is 0 Å². The number of hydrogen-bond donors (Lipinski definition) is 1. The summed E-state index contributed by atoms with van der Waals surface area (Å²) in [5.74, 6) is 0. The van der Waals surface area contributed by atoms with E-state index in [4.69, 9.17) is 0 Å². The van der Waals surface area contributed by atoms with Crippen LogP contribution >= 0.6 is 0 Å². The second-order valence-corrected chi connectivity index (χ2v) is 17.2. The van der Waals surface area contributed by atoms with Crippen molar-refractivity contribution in [3.8, 4) is 0 Å². The van der Waals surface area contributed by atoms with E-state index in [0.717, 1.165) is 19.5 Å². The van der Waals surface area contributed by atoms with Crippen molar-refractivity contribution in [1.82, 2.24) is 4.90 Å². The van der Waals surface area contributed by atoms with Gasteiger partial charge in [-0.15, -0.1) is 0 Å². The van der Waals surface area contributed by atoms with Gasteiger partial charge in [0.15, 0.2) is 0 Å². The van der Waals surface area contributed by atoms with Crippen molar-refractivity contribution < 1.29 is 5.11 Å². The lowest BCUT2D eigenvalue weighted by Gasteiger charge is -2.24. The van der Waals surface area contributed by atoms with Crippen LogP contribution in [0.2, 0.25) is 0 Å². The van der Waals surface area contributed by atoms with E-state index >= 15 is 0 Å². The SMILES string of the molecule is CCCCCCCCCCCCCCCCCCCCCCC(O)CN(CCC)CCCCCCCCCCCCCCCCCCCCCC. The Morgan fingerprint density at radius 3 is 0.765 bits per heavy atom. The lowest BCUT2D eigenvalue weighted by Crippen LogP contribution is -2.34. The molecule has 0 spiro atoms. The zero-order chi connectivity index (χ0) is 37.0. The van der Waals surface area contributed by atoms with Gasteiger partial charge in [0, 0.05) is 6.54 Å². The molecule has 1 unspecified atom stereocenters. The van der Waals surface area contributed by atoms with Gasteiger partial charge in [-0.2, -0.15) is 0 Å². The molecule has 0 heterocycles. The van der Waals surface area contributed by atoms with Crippen molar-refractivity contribution in [2.75, 3.05) is 19.6 Å². The molecule has 0 saturated heterocycles. The minimum atomic E-state index is -0.128. The van der Waals surface area contributed by atoms with Gasteiger partial charge in [0.1, 0.15) is 0 Å². The summed E-state index contributed by atoms with van der Waals surface area (Å²) in [4.78, 5) is 2.55. The minimum absolute atomic E-state index is 0.128. The largest absolute Gasteiger partial charge is 0.392 e. The molecule has 0 rings (SSSR count). The summed E-state index contributed by atoms with van der Waals surface area (Å²) in [6, 6.07) is 0. The monoisotopic (exact) mass is 720 g/mol. The molecule has 1 atom stereocenters. The summed E-state index contributed by atoms with van der Waals surface area (Å²) in [5, 5.41) is 10.7. The van der Waals surface area contributed by atoms with Crippen LogP contribution in [0.1, 0.15) is 290 Å². The molecule has 0 amide bonds. The van der Waals surface area contributed by atoms with E-state index in [9.17, 15) is 5.11 Å². The third-order valence-corrected chi connectivity index (χ3v) is 11.7. The number of nitrogens with zero attached hydrogens (tertiary/aromatic N) is 1. The Morgan fingerprint density at radius 1 is 0.275 bits per heavy atom. The molecule has 0 aliphatic heterocycles. The average molecular weight is 720 g/mol. The standard InChI is InChI=1S/C49H101NO/c1-4-7-9-11-13-15-17-19-21-23-25-27-29-31-33-35-37-39-41-43-45-49(51)48-50(46-6-3)47-44-42-40-38-36-34-32-30-28-26-24-22-20-18-16-14-12-10-8-5-2/h49,51H,4-48H2,1-3H3. The maximum absolute atomic E-state index is 10.7. The van der Waals surface area contributed by atoms with Crippen molar-refractivity contribution in [3.63, 3.8) is 0 Å². The molecule has 0 aliphatic rings. The Kier molecular flexibility index (Phi) is 46.0. The highest BCUT2D eigenvalue weighted by Crippen LogP contribution is 2.17. The van der Waals surface area contributed by atoms with E-state index in [2.05, 4.69) is 25.7 Å². The van der Waals surface area contributed by atoms with Crippen molar-refractivity contribution >= 4 is 0 Å². The van der Waals surface area contributed by atoms with Crippen LogP contribution in [-0.2, 0) is 0 Å². The van der Waals surface area contributed by atoms with Gasteiger partial charge < -0.3 is 10.0 Å². The molecule has 0 bridgehead atoms. The van der Waals surface area contributed by atoms with Crippen LogP contribution in [0.4, 0.5) is 0 Å². The first-order chi connectivity index (χ1) is 25.2. The van der Waals surface area contributed by atoms with Gasteiger partial charge >= 0.3 is 0 Å². The quantitative estimate of drug-likeness (QED) is 0.0633. The van der Waals surface area contributed by atoms with E-state index in [1.807, 2.05) is 0 Å². The second kappa shape index (κ2) is 46.1. The highest BCUT2D eigenvalue weighted by atomic mass is 16.3. The topological polar surface area (TPSA) is 23.5 Å². The lowest BCUT2D eigenvalue weighted by atomic mass is 10.0. The third kappa shape index (κ3) is 44.2. The Morgan fingerprint density at radius 2 is 0.510 bits per heavy atom.